The predicted molar refractivity (Wildman–Crippen MR) is 54.1 cm³/mol. The highest BCUT2D eigenvalue weighted by Crippen LogP contribution is 2.36. The van der Waals surface area contributed by atoms with Gasteiger partial charge in [-0.1, -0.05) is 0 Å². The number of nitriles is 1. The van der Waals surface area contributed by atoms with Crippen molar-refractivity contribution in [3.8, 4) is 11.8 Å². The Kier molecular flexibility index (Phi) is 4.49. The minimum absolute atomic E-state index is 0.450. The van der Waals surface area contributed by atoms with Crippen molar-refractivity contribution >= 4 is 5.97 Å². The number of halogens is 5. The second kappa shape index (κ2) is 5.73. The fourth-order valence-electron chi connectivity index (χ4n) is 1.40. The first-order chi connectivity index (χ1) is 9.19. The summed E-state index contributed by atoms with van der Waals surface area (Å²) < 4.78 is 69.8. The van der Waals surface area contributed by atoms with Crippen LogP contribution in [-0.2, 0) is 4.74 Å². The Morgan fingerprint density at radius 3 is 2.35 bits per heavy atom. The Balaban J connectivity index is 3.55. The van der Waals surface area contributed by atoms with Crippen LogP contribution < -0.4 is 4.74 Å². The highest BCUT2D eigenvalue weighted by atomic mass is 19.4. The normalized spacial score (nSPS) is 11.1. The molecule has 0 saturated carbocycles. The number of methoxy groups -OCH3 is 1. The lowest BCUT2D eigenvalue weighted by molar-refractivity contribution is -0.275. The van der Waals surface area contributed by atoms with Crippen molar-refractivity contribution in [2.24, 2.45) is 0 Å². The highest BCUT2D eigenvalue weighted by Gasteiger charge is 2.35. The third-order valence-corrected chi connectivity index (χ3v) is 2.12. The van der Waals surface area contributed by atoms with Crippen molar-refractivity contribution in [2.45, 2.75) is 12.8 Å². The van der Waals surface area contributed by atoms with E-state index in [1.54, 1.807) is 0 Å². The van der Waals surface area contributed by atoms with E-state index in [1.165, 1.54) is 6.07 Å². The van der Waals surface area contributed by atoms with Crippen molar-refractivity contribution < 1.29 is 36.2 Å². The van der Waals surface area contributed by atoms with Gasteiger partial charge in [-0.05, 0) is 12.1 Å². The molecule has 20 heavy (non-hydrogen) atoms. The zero-order chi connectivity index (χ0) is 15.5. The number of alkyl halides is 5. The van der Waals surface area contributed by atoms with Crippen LogP contribution in [0.5, 0.6) is 5.75 Å². The van der Waals surface area contributed by atoms with Gasteiger partial charge >= 0.3 is 12.3 Å². The number of hydrogen-bond donors (Lipinski definition) is 0. The van der Waals surface area contributed by atoms with Crippen LogP contribution in [0.4, 0.5) is 22.0 Å². The summed E-state index contributed by atoms with van der Waals surface area (Å²) in [7, 11) is 0.862. The van der Waals surface area contributed by atoms with Crippen LogP contribution in [-0.4, -0.2) is 19.4 Å². The summed E-state index contributed by atoms with van der Waals surface area (Å²) in [6.07, 6.45) is -8.67. The molecule has 9 heteroatoms. The van der Waals surface area contributed by atoms with Gasteiger partial charge in [0.1, 0.15) is 5.75 Å². The molecule has 4 nitrogen and oxygen atoms in total. The second-order valence-corrected chi connectivity index (χ2v) is 3.39. The molecule has 0 heterocycles. The third-order valence-electron chi connectivity index (χ3n) is 2.12. The van der Waals surface area contributed by atoms with Gasteiger partial charge in [-0.25, -0.2) is 13.6 Å². The summed E-state index contributed by atoms with van der Waals surface area (Å²) in [5.41, 5.74) is -2.59. The third kappa shape index (κ3) is 3.57. The molecule has 0 fully saturated rings. The van der Waals surface area contributed by atoms with Gasteiger partial charge in [0, 0.05) is 0 Å². The summed E-state index contributed by atoms with van der Waals surface area (Å²) in [6, 6.07) is 2.62. The SMILES string of the molecule is COC(=O)c1cc(C#N)cc(OC(F)(F)F)c1C(F)F. The van der Waals surface area contributed by atoms with Crippen molar-refractivity contribution in [2.75, 3.05) is 7.11 Å². The largest absolute Gasteiger partial charge is 0.573 e. The van der Waals surface area contributed by atoms with Crippen molar-refractivity contribution in [1.29, 1.82) is 5.26 Å². The van der Waals surface area contributed by atoms with E-state index in [2.05, 4.69) is 9.47 Å². The number of ether oxygens (including phenoxy) is 2. The standard InChI is InChI=1S/C11H6F5NO3/c1-19-10(18)6-2-5(4-17)3-7(8(6)9(12)13)20-11(14,15)16/h2-3,9H,1H3. The molecule has 0 aromatic heterocycles. The van der Waals surface area contributed by atoms with Gasteiger partial charge in [0.05, 0.1) is 29.9 Å². The zero-order valence-electron chi connectivity index (χ0n) is 9.79. The highest BCUT2D eigenvalue weighted by molar-refractivity contribution is 5.92. The van der Waals surface area contributed by atoms with E-state index < -0.39 is 41.2 Å². The molecule has 0 bridgehead atoms. The van der Waals surface area contributed by atoms with Crippen molar-refractivity contribution in [3.05, 3.63) is 28.8 Å². The van der Waals surface area contributed by atoms with Crippen LogP contribution in [0.15, 0.2) is 12.1 Å². The molecule has 0 atom stereocenters. The summed E-state index contributed by atoms with van der Waals surface area (Å²) in [6.45, 7) is 0. The first kappa shape index (κ1) is 15.7. The minimum atomic E-state index is -5.24. The molecular weight excluding hydrogens is 289 g/mol. The average molecular weight is 295 g/mol. The molecule has 0 N–H and O–H groups in total. The van der Waals surface area contributed by atoms with E-state index in [4.69, 9.17) is 5.26 Å². The smallest absolute Gasteiger partial charge is 0.465 e. The summed E-state index contributed by atoms with van der Waals surface area (Å²) >= 11 is 0. The number of hydrogen-bond acceptors (Lipinski definition) is 4. The predicted octanol–water partition coefficient (Wildman–Crippen LogP) is 3.18. The number of benzene rings is 1. The fourth-order valence-corrected chi connectivity index (χ4v) is 1.40. The molecule has 0 aliphatic carbocycles. The molecule has 1 aromatic carbocycles. The molecular formula is C11H6F5NO3. The van der Waals surface area contributed by atoms with E-state index in [0.29, 0.717) is 12.1 Å². The number of rotatable bonds is 3. The Labute approximate surface area is 109 Å². The Morgan fingerprint density at radius 2 is 1.95 bits per heavy atom. The van der Waals surface area contributed by atoms with Gasteiger partial charge < -0.3 is 9.47 Å². The maximum atomic E-state index is 12.9. The second-order valence-electron chi connectivity index (χ2n) is 3.39. The summed E-state index contributed by atoms with van der Waals surface area (Å²) in [5, 5.41) is 8.64. The van der Waals surface area contributed by atoms with Gasteiger partial charge in [-0.3, -0.25) is 0 Å². The van der Waals surface area contributed by atoms with Crippen LogP contribution in [0.2, 0.25) is 0 Å². The van der Waals surface area contributed by atoms with Gasteiger partial charge in [-0.15, -0.1) is 13.2 Å². The van der Waals surface area contributed by atoms with Crippen LogP contribution >= 0.6 is 0 Å². The van der Waals surface area contributed by atoms with Crippen LogP contribution in [0, 0.1) is 11.3 Å². The van der Waals surface area contributed by atoms with Crippen molar-refractivity contribution in [3.63, 3.8) is 0 Å². The molecule has 1 rings (SSSR count). The number of carbonyl (C=O) groups is 1. The number of carbonyl (C=O) groups excluding carboxylic acids is 1. The van der Waals surface area contributed by atoms with Gasteiger partial charge in [0.15, 0.2) is 0 Å². The lowest BCUT2D eigenvalue weighted by atomic mass is 10.0. The van der Waals surface area contributed by atoms with Crippen molar-refractivity contribution in [1.82, 2.24) is 0 Å². The van der Waals surface area contributed by atoms with Crippen LogP contribution in [0.3, 0.4) is 0 Å². The molecule has 0 amide bonds. The number of esters is 1. The molecule has 0 aliphatic rings. The zero-order valence-corrected chi connectivity index (χ0v) is 9.79. The summed E-state index contributed by atoms with van der Waals surface area (Å²) in [5.74, 6) is -2.61. The lowest BCUT2D eigenvalue weighted by Gasteiger charge is -2.15. The van der Waals surface area contributed by atoms with E-state index in [0.717, 1.165) is 7.11 Å². The van der Waals surface area contributed by atoms with Crippen LogP contribution in [0.1, 0.15) is 27.9 Å². The van der Waals surface area contributed by atoms with E-state index in [-0.39, 0.29) is 0 Å². The molecule has 0 unspecified atom stereocenters. The first-order valence-corrected chi connectivity index (χ1v) is 4.90. The maximum absolute atomic E-state index is 12.9. The van der Waals surface area contributed by atoms with Gasteiger partial charge in [0.2, 0.25) is 0 Å². The molecule has 0 radical (unpaired) electrons. The maximum Gasteiger partial charge on any atom is 0.573 e. The van der Waals surface area contributed by atoms with E-state index in [1.807, 2.05) is 0 Å². The van der Waals surface area contributed by atoms with Gasteiger partial charge in [0.25, 0.3) is 6.43 Å². The molecule has 0 saturated heterocycles. The summed E-state index contributed by atoms with van der Waals surface area (Å²) in [4.78, 5) is 11.3. The molecule has 108 valence electrons. The molecule has 0 aliphatic heterocycles. The molecule has 0 spiro atoms. The Hall–Kier alpha value is -2.37. The monoisotopic (exact) mass is 295 g/mol. The number of nitrogens with zero attached hydrogens (tertiary/aromatic N) is 1. The van der Waals surface area contributed by atoms with Crippen LogP contribution in [0.25, 0.3) is 0 Å². The first-order valence-electron chi connectivity index (χ1n) is 4.90. The average Bonchev–Trinajstić information content (AvgIpc) is 2.34. The quantitative estimate of drug-likeness (QED) is 0.634. The lowest BCUT2D eigenvalue weighted by Crippen LogP contribution is -2.19. The minimum Gasteiger partial charge on any atom is -0.465 e. The Bertz CT molecular complexity index is 562. The Morgan fingerprint density at radius 1 is 1.35 bits per heavy atom. The van der Waals surface area contributed by atoms with Gasteiger partial charge in [-0.2, -0.15) is 5.26 Å². The van der Waals surface area contributed by atoms with E-state index >= 15 is 0 Å². The fraction of sp³-hybridized carbons (Fsp3) is 0.273. The van der Waals surface area contributed by atoms with E-state index in [9.17, 15) is 26.7 Å². The molecule has 1 aromatic rings. The topological polar surface area (TPSA) is 59.3 Å².